The SMILES string of the molecule is COc1ccc2c(c1)CCN(CC(N)[C@@H](O)N(N)C(C)=O)C2I. The molecule has 1 heterocycles. The molecule has 23 heavy (non-hydrogen) atoms. The van der Waals surface area contributed by atoms with E-state index in [4.69, 9.17) is 16.3 Å². The third-order valence-electron chi connectivity index (χ3n) is 4.07. The van der Waals surface area contributed by atoms with E-state index in [0.29, 0.717) is 6.54 Å². The third kappa shape index (κ3) is 4.13. The van der Waals surface area contributed by atoms with Crippen molar-refractivity contribution in [2.75, 3.05) is 20.2 Å². The molecule has 0 aliphatic carbocycles. The molecule has 0 bridgehead atoms. The van der Waals surface area contributed by atoms with Crippen molar-refractivity contribution in [2.45, 2.75) is 29.7 Å². The zero-order chi connectivity index (χ0) is 17.1. The third-order valence-corrected chi connectivity index (χ3v) is 5.53. The number of hydrogen-bond acceptors (Lipinski definition) is 6. The topological polar surface area (TPSA) is 105 Å². The number of benzene rings is 1. The summed E-state index contributed by atoms with van der Waals surface area (Å²) in [5.74, 6) is 5.96. The minimum Gasteiger partial charge on any atom is -0.497 e. The number of rotatable bonds is 5. The summed E-state index contributed by atoms with van der Waals surface area (Å²) < 4.78 is 5.41. The molecule has 0 saturated heterocycles. The van der Waals surface area contributed by atoms with Crippen molar-refractivity contribution in [3.8, 4) is 5.75 Å². The summed E-state index contributed by atoms with van der Waals surface area (Å²) >= 11 is 2.36. The Morgan fingerprint density at radius 1 is 1.61 bits per heavy atom. The number of nitrogens with zero attached hydrogens (tertiary/aromatic N) is 2. The van der Waals surface area contributed by atoms with Gasteiger partial charge in [-0.2, -0.15) is 0 Å². The van der Waals surface area contributed by atoms with Crippen LogP contribution in [0.25, 0.3) is 0 Å². The Kier molecular flexibility index (Phi) is 6.20. The van der Waals surface area contributed by atoms with Crippen LogP contribution in [0.4, 0.5) is 0 Å². The van der Waals surface area contributed by atoms with Crippen molar-refractivity contribution in [3.63, 3.8) is 0 Å². The molecule has 0 aromatic heterocycles. The van der Waals surface area contributed by atoms with Crippen LogP contribution < -0.4 is 16.3 Å². The first-order chi connectivity index (χ1) is 10.8. The number of alkyl halides is 1. The summed E-state index contributed by atoms with van der Waals surface area (Å²) in [4.78, 5) is 13.4. The Labute approximate surface area is 149 Å². The first kappa shape index (κ1) is 18.4. The Bertz CT molecular complexity index is 572. The average molecular weight is 434 g/mol. The van der Waals surface area contributed by atoms with Gasteiger partial charge in [0.1, 0.15) is 5.75 Å². The smallest absolute Gasteiger partial charge is 0.235 e. The van der Waals surface area contributed by atoms with Gasteiger partial charge in [0.15, 0.2) is 6.23 Å². The summed E-state index contributed by atoms with van der Waals surface area (Å²) in [6.45, 7) is 2.56. The van der Waals surface area contributed by atoms with Crippen LogP contribution in [0.3, 0.4) is 0 Å². The molecule has 1 aliphatic heterocycles. The summed E-state index contributed by atoms with van der Waals surface area (Å²) in [6.07, 6.45) is -0.318. The van der Waals surface area contributed by atoms with Crippen LogP contribution in [0, 0.1) is 0 Å². The first-order valence-corrected chi connectivity index (χ1v) is 8.62. The van der Waals surface area contributed by atoms with E-state index in [0.717, 1.165) is 23.7 Å². The highest BCUT2D eigenvalue weighted by atomic mass is 127. The molecule has 7 nitrogen and oxygen atoms in total. The fourth-order valence-corrected chi connectivity index (χ4v) is 3.79. The minimum absolute atomic E-state index is 0.143. The predicted molar refractivity (Wildman–Crippen MR) is 95.7 cm³/mol. The second-order valence-corrected chi connectivity index (χ2v) is 6.83. The maximum atomic E-state index is 11.2. The van der Waals surface area contributed by atoms with Gasteiger partial charge in [-0.05, 0) is 29.7 Å². The van der Waals surface area contributed by atoms with Crippen LogP contribution in [-0.2, 0) is 11.2 Å². The predicted octanol–water partition coefficient (Wildman–Crippen LogP) is 0.355. The van der Waals surface area contributed by atoms with Gasteiger partial charge in [0.05, 0.1) is 17.2 Å². The van der Waals surface area contributed by atoms with Gasteiger partial charge >= 0.3 is 0 Å². The molecule has 2 rings (SSSR count). The van der Waals surface area contributed by atoms with Gasteiger partial charge < -0.3 is 15.6 Å². The van der Waals surface area contributed by atoms with E-state index in [1.54, 1.807) is 7.11 Å². The molecule has 1 aromatic carbocycles. The van der Waals surface area contributed by atoms with Gasteiger partial charge in [0.25, 0.3) is 0 Å². The number of carbonyl (C=O) groups excluding carboxylic acids is 1. The van der Waals surface area contributed by atoms with E-state index in [9.17, 15) is 9.90 Å². The molecule has 2 unspecified atom stereocenters. The number of hydrogen-bond donors (Lipinski definition) is 3. The molecule has 1 aromatic rings. The van der Waals surface area contributed by atoms with Gasteiger partial charge in [0.2, 0.25) is 5.91 Å². The van der Waals surface area contributed by atoms with E-state index in [2.05, 4.69) is 39.6 Å². The molecule has 128 valence electrons. The molecule has 0 fully saturated rings. The van der Waals surface area contributed by atoms with Gasteiger partial charge in [-0.1, -0.05) is 28.7 Å². The first-order valence-electron chi connectivity index (χ1n) is 7.38. The van der Waals surface area contributed by atoms with Gasteiger partial charge in [0, 0.05) is 20.0 Å². The Morgan fingerprint density at radius 2 is 2.30 bits per heavy atom. The van der Waals surface area contributed by atoms with E-state index in [1.807, 2.05) is 6.07 Å². The van der Waals surface area contributed by atoms with Crippen LogP contribution in [-0.4, -0.2) is 53.4 Å². The number of carbonyl (C=O) groups is 1. The van der Waals surface area contributed by atoms with Crippen LogP contribution in [0.2, 0.25) is 0 Å². The van der Waals surface area contributed by atoms with E-state index in [-0.39, 0.29) is 4.05 Å². The summed E-state index contributed by atoms with van der Waals surface area (Å²) in [5, 5.41) is 10.8. The zero-order valence-electron chi connectivity index (χ0n) is 13.3. The van der Waals surface area contributed by atoms with E-state index >= 15 is 0 Å². The average Bonchev–Trinajstić information content (AvgIpc) is 2.55. The second kappa shape index (κ2) is 7.75. The Balaban J connectivity index is 2.06. The highest BCUT2D eigenvalue weighted by molar-refractivity contribution is 14.1. The number of methoxy groups -OCH3 is 1. The number of hydrazine groups is 1. The maximum absolute atomic E-state index is 11.2. The van der Waals surface area contributed by atoms with Crippen molar-refractivity contribution >= 4 is 28.5 Å². The van der Waals surface area contributed by atoms with Gasteiger partial charge in [-0.15, -0.1) is 0 Å². The van der Waals surface area contributed by atoms with E-state index < -0.39 is 18.2 Å². The normalized spacial score (nSPS) is 20.5. The molecule has 1 aliphatic rings. The minimum atomic E-state index is -1.20. The lowest BCUT2D eigenvalue weighted by Crippen LogP contribution is -2.57. The largest absolute Gasteiger partial charge is 0.497 e. The van der Waals surface area contributed by atoms with Crippen LogP contribution in [0.15, 0.2) is 18.2 Å². The number of nitrogens with two attached hydrogens (primary N) is 2. The monoisotopic (exact) mass is 434 g/mol. The number of aliphatic hydroxyl groups excluding tert-OH is 1. The highest BCUT2D eigenvalue weighted by Gasteiger charge is 2.30. The molecule has 0 saturated carbocycles. The molecule has 8 heteroatoms. The number of ether oxygens (including phenoxy) is 1. The molecular formula is C15H23IN4O3. The summed E-state index contributed by atoms with van der Waals surface area (Å²) in [6, 6.07) is 5.43. The standard InChI is InChI=1S/C15H23IN4O3/c1-9(21)20(18)15(22)13(17)8-19-6-5-10-7-11(23-2)3-4-12(10)14(19)16/h3-4,7,13-15,22H,5-6,8,17-18H2,1-2H3/t13?,14?,15-/m1/s1. The highest BCUT2D eigenvalue weighted by Crippen LogP contribution is 2.36. The maximum Gasteiger partial charge on any atom is 0.235 e. The summed E-state index contributed by atoms with van der Waals surface area (Å²) in [5.41, 5.74) is 8.51. The molecule has 1 amide bonds. The zero-order valence-corrected chi connectivity index (χ0v) is 15.4. The Hall–Kier alpha value is -0.940. The summed E-state index contributed by atoms with van der Waals surface area (Å²) in [7, 11) is 1.66. The molecule has 0 spiro atoms. The molecular weight excluding hydrogens is 411 g/mol. The van der Waals surface area contributed by atoms with Gasteiger partial charge in [-0.3, -0.25) is 14.7 Å². The fourth-order valence-electron chi connectivity index (χ4n) is 2.67. The second-order valence-electron chi connectivity index (χ2n) is 5.65. The van der Waals surface area contributed by atoms with Crippen molar-refractivity contribution < 1.29 is 14.6 Å². The quantitative estimate of drug-likeness (QED) is 0.118. The van der Waals surface area contributed by atoms with Crippen molar-refractivity contribution in [1.82, 2.24) is 9.91 Å². The fraction of sp³-hybridized carbons (Fsp3) is 0.533. The lowest BCUT2D eigenvalue weighted by atomic mass is 9.99. The van der Waals surface area contributed by atoms with Crippen LogP contribution >= 0.6 is 22.6 Å². The number of fused-ring (bicyclic) bond motifs is 1. The number of aliphatic hydroxyl groups is 1. The van der Waals surface area contributed by atoms with E-state index in [1.165, 1.54) is 18.1 Å². The number of halogens is 1. The Morgan fingerprint density at radius 3 is 2.91 bits per heavy atom. The lowest BCUT2D eigenvalue weighted by molar-refractivity contribution is -0.141. The van der Waals surface area contributed by atoms with Gasteiger partial charge in [-0.25, -0.2) is 5.84 Å². The number of amides is 1. The molecule has 0 radical (unpaired) electrons. The van der Waals surface area contributed by atoms with Crippen LogP contribution in [0.5, 0.6) is 5.75 Å². The van der Waals surface area contributed by atoms with Crippen LogP contribution in [0.1, 0.15) is 22.1 Å². The molecule has 3 atom stereocenters. The van der Waals surface area contributed by atoms with Crippen molar-refractivity contribution in [3.05, 3.63) is 29.3 Å². The van der Waals surface area contributed by atoms with Crippen molar-refractivity contribution in [1.29, 1.82) is 0 Å². The van der Waals surface area contributed by atoms with Crippen molar-refractivity contribution in [2.24, 2.45) is 11.6 Å². The molecule has 5 N–H and O–H groups in total. The lowest BCUT2D eigenvalue weighted by Gasteiger charge is -2.37.